The molecule has 1 unspecified atom stereocenters. The van der Waals surface area contributed by atoms with Gasteiger partial charge >= 0.3 is 0 Å². The number of nitrogens with one attached hydrogen (secondary N) is 1. The summed E-state index contributed by atoms with van der Waals surface area (Å²) in [5.41, 5.74) is 4.90. The Morgan fingerprint density at radius 3 is 2.81 bits per heavy atom. The van der Waals surface area contributed by atoms with Gasteiger partial charge in [-0.05, 0) is 76.1 Å². The van der Waals surface area contributed by atoms with Gasteiger partial charge in [0.1, 0.15) is 17.6 Å². The minimum absolute atomic E-state index is 0.288. The lowest BCUT2D eigenvalue weighted by Gasteiger charge is -2.31. The number of aromatic nitrogens is 1. The average molecular weight is 345 g/mol. The third-order valence-corrected chi connectivity index (χ3v) is 5.07. The fourth-order valence-electron chi connectivity index (χ4n) is 3.64. The van der Waals surface area contributed by atoms with Gasteiger partial charge in [0.25, 0.3) is 0 Å². The Labute approximate surface area is 153 Å². The number of H-pyrrole nitrogens is 1. The van der Waals surface area contributed by atoms with Gasteiger partial charge in [-0.25, -0.2) is 0 Å². The van der Waals surface area contributed by atoms with E-state index in [-0.39, 0.29) is 5.60 Å². The summed E-state index contributed by atoms with van der Waals surface area (Å²) in [5, 5.41) is 2.18. The van der Waals surface area contributed by atoms with Crippen LogP contribution in [-0.4, -0.2) is 16.9 Å². The number of aromatic amines is 1. The number of benzene rings is 2. The summed E-state index contributed by atoms with van der Waals surface area (Å²) in [6.45, 7) is 6.38. The van der Waals surface area contributed by atoms with E-state index in [0.717, 1.165) is 52.2 Å². The van der Waals surface area contributed by atoms with Gasteiger partial charge in [0, 0.05) is 27.4 Å². The fraction of sp³-hybridized carbons (Fsp3) is 0.261. The van der Waals surface area contributed by atoms with E-state index >= 15 is 0 Å². The molecule has 0 bridgehead atoms. The van der Waals surface area contributed by atoms with E-state index < -0.39 is 0 Å². The highest BCUT2D eigenvalue weighted by molar-refractivity contribution is 6.11. The standard InChI is InChI=1S/C23H23NO2/c1-15(2)5-4-11-23(3)12-10-18-21(26-23)9-7-17-19-13-16(14-25)6-8-20(19)24-22(17)18/h5-10,12-14,24H,4,11H2,1-3H3. The van der Waals surface area contributed by atoms with E-state index in [1.54, 1.807) is 0 Å². The number of carbonyl (C=O) groups is 1. The summed E-state index contributed by atoms with van der Waals surface area (Å²) in [4.78, 5) is 14.6. The van der Waals surface area contributed by atoms with Gasteiger partial charge in [0.2, 0.25) is 0 Å². The smallest absolute Gasteiger partial charge is 0.150 e. The fourth-order valence-corrected chi connectivity index (χ4v) is 3.64. The van der Waals surface area contributed by atoms with Crippen molar-refractivity contribution >= 4 is 34.2 Å². The molecule has 1 aliphatic rings. The number of aldehydes is 1. The summed E-state index contributed by atoms with van der Waals surface area (Å²) in [6.07, 6.45) is 9.42. The van der Waals surface area contributed by atoms with Crippen LogP contribution < -0.4 is 4.74 Å². The van der Waals surface area contributed by atoms with Gasteiger partial charge in [-0.2, -0.15) is 0 Å². The quantitative estimate of drug-likeness (QED) is 0.462. The first-order valence-corrected chi connectivity index (χ1v) is 9.04. The normalized spacial score (nSPS) is 18.6. The average Bonchev–Trinajstić information content (AvgIpc) is 2.98. The van der Waals surface area contributed by atoms with Crippen molar-refractivity contribution in [3.05, 3.63) is 59.2 Å². The Morgan fingerprint density at radius 1 is 1.19 bits per heavy atom. The third kappa shape index (κ3) is 2.84. The van der Waals surface area contributed by atoms with Crippen LogP contribution in [-0.2, 0) is 0 Å². The van der Waals surface area contributed by atoms with Crippen LogP contribution in [0.15, 0.2) is 48.1 Å². The summed E-state index contributed by atoms with van der Waals surface area (Å²) in [7, 11) is 0. The molecular weight excluding hydrogens is 322 g/mol. The van der Waals surface area contributed by atoms with E-state index in [1.165, 1.54) is 5.57 Å². The van der Waals surface area contributed by atoms with Crippen LogP contribution in [0.5, 0.6) is 5.75 Å². The minimum Gasteiger partial charge on any atom is -0.483 e. The molecular formula is C23H23NO2. The zero-order valence-electron chi connectivity index (χ0n) is 15.4. The Bertz CT molecular complexity index is 1070. The largest absolute Gasteiger partial charge is 0.483 e. The van der Waals surface area contributed by atoms with Crippen LogP contribution >= 0.6 is 0 Å². The SMILES string of the molecule is CC(C)=CCCC1(C)C=Cc2c(ccc3c2[nH]c2ccc(C=O)cc23)O1. The van der Waals surface area contributed by atoms with Crippen LogP contribution in [0.25, 0.3) is 27.9 Å². The zero-order chi connectivity index (χ0) is 18.3. The maximum Gasteiger partial charge on any atom is 0.150 e. The molecule has 0 spiro atoms. The van der Waals surface area contributed by atoms with Crippen LogP contribution in [0.4, 0.5) is 0 Å². The molecule has 3 aromatic rings. The Hall–Kier alpha value is -2.81. The molecule has 3 nitrogen and oxygen atoms in total. The number of rotatable bonds is 4. The lowest BCUT2D eigenvalue weighted by molar-refractivity contribution is 0.112. The van der Waals surface area contributed by atoms with Crippen molar-refractivity contribution in [3.63, 3.8) is 0 Å². The van der Waals surface area contributed by atoms with Gasteiger partial charge in [-0.1, -0.05) is 11.6 Å². The van der Waals surface area contributed by atoms with Crippen molar-refractivity contribution in [1.29, 1.82) is 0 Å². The molecule has 26 heavy (non-hydrogen) atoms. The third-order valence-electron chi connectivity index (χ3n) is 5.07. The van der Waals surface area contributed by atoms with Gasteiger partial charge in [-0.15, -0.1) is 0 Å². The lowest BCUT2D eigenvalue weighted by atomic mass is 9.94. The molecule has 1 aromatic heterocycles. The molecule has 2 aromatic carbocycles. The molecule has 3 heteroatoms. The highest BCUT2D eigenvalue weighted by Gasteiger charge is 2.28. The zero-order valence-corrected chi connectivity index (χ0v) is 15.4. The first kappa shape index (κ1) is 16.6. The predicted molar refractivity (Wildman–Crippen MR) is 108 cm³/mol. The molecule has 2 heterocycles. The van der Waals surface area contributed by atoms with Crippen molar-refractivity contribution in [3.8, 4) is 5.75 Å². The topological polar surface area (TPSA) is 42.1 Å². The second-order valence-electron chi connectivity index (χ2n) is 7.52. The highest BCUT2D eigenvalue weighted by Crippen LogP contribution is 2.39. The highest BCUT2D eigenvalue weighted by atomic mass is 16.5. The van der Waals surface area contributed by atoms with Crippen molar-refractivity contribution in [2.24, 2.45) is 0 Å². The van der Waals surface area contributed by atoms with E-state index in [2.05, 4.69) is 50.0 Å². The van der Waals surface area contributed by atoms with Gasteiger partial charge in [-0.3, -0.25) is 4.79 Å². The van der Waals surface area contributed by atoms with E-state index in [9.17, 15) is 4.79 Å². The van der Waals surface area contributed by atoms with Crippen LogP contribution in [0.3, 0.4) is 0 Å². The van der Waals surface area contributed by atoms with Crippen molar-refractivity contribution in [2.75, 3.05) is 0 Å². The van der Waals surface area contributed by atoms with Crippen molar-refractivity contribution < 1.29 is 9.53 Å². The first-order chi connectivity index (χ1) is 12.5. The Kier molecular flexibility index (Phi) is 3.95. The molecule has 4 rings (SSSR count). The monoisotopic (exact) mass is 345 g/mol. The van der Waals surface area contributed by atoms with E-state index in [1.807, 2.05) is 24.3 Å². The van der Waals surface area contributed by atoms with E-state index in [0.29, 0.717) is 5.56 Å². The summed E-state index contributed by atoms with van der Waals surface area (Å²) >= 11 is 0. The first-order valence-electron chi connectivity index (χ1n) is 9.04. The van der Waals surface area contributed by atoms with Crippen molar-refractivity contribution in [2.45, 2.75) is 39.2 Å². The van der Waals surface area contributed by atoms with Crippen LogP contribution in [0.2, 0.25) is 0 Å². The number of carbonyl (C=O) groups excluding carboxylic acids is 1. The summed E-state index contributed by atoms with van der Waals surface area (Å²) in [6, 6.07) is 9.86. The number of hydrogen-bond donors (Lipinski definition) is 1. The van der Waals surface area contributed by atoms with Gasteiger partial charge in [0.15, 0.2) is 0 Å². The molecule has 1 aliphatic heterocycles. The molecule has 1 N–H and O–H groups in total. The Morgan fingerprint density at radius 2 is 2.04 bits per heavy atom. The van der Waals surface area contributed by atoms with Crippen LogP contribution in [0.1, 0.15) is 49.5 Å². The van der Waals surface area contributed by atoms with Crippen molar-refractivity contribution in [1.82, 2.24) is 4.98 Å². The van der Waals surface area contributed by atoms with Gasteiger partial charge < -0.3 is 9.72 Å². The number of allylic oxidation sites excluding steroid dienone is 2. The Balaban J connectivity index is 1.75. The maximum absolute atomic E-state index is 11.1. The molecule has 1 atom stereocenters. The lowest BCUT2D eigenvalue weighted by Crippen LogP contribution is -2.31. The van der Waals surface area contributed by atoms with E-state index in [4.69, 9.17) is 4.74 Å². The molecule has 0 aliphatic carbocycles. The summed E-state index contributed by atoms with van der Waals surface area (Å²) in [5.74, 6) is 0.905. The predicted octanol–water partition coefficient (Wildman–Crippen LogP) is 6.04. The molecule has 0 radical (unpaired) electrons. The molecule has 0 saturated heterocycles. The second kappa shape index (κ2) is 6.17. The number of hydrogen-bond acceptors (Lipinski definition) is 2. The molecule has 0 fully saturated rings. The second-order valence-corrected chi connectivity index (χ2v) is 7.52. The molecule has 132 valence electrons. The summed E-state index contributed by atoms with van der Waals surface area (Å²) < 4.78 is 6.36. The molecule has 0 saturated carbocycles. The van der Waals surface area contributed by atoms with Crippen LogP contribution in [0, 0.1) is 0 Å². The maximum atomic E-state index is 11.1. The number of fused-ring (bicyclic) bond motifs is 5. The number of ether oxygens (including phenoxy) is 1. The van der Waals surface area contributed by atoms with Gasteiger partial charge in [0.05, 0.1) is 5.52 Å². The molecule has 0 amide bonds. The minimum atomic E-state index is -0.288.